The third-order valence-electron chi connectivity index (χ3n) is 2.67. The Morgan fingerprint density at radius 1 is 1.29 bits per heavy atom. The van der Waals surface area contributed by atoms with Crippen LogP contribution >= 0.6 is 0 Å². The molecule has 5 nitrogen and oxygen atoms in total. The van der Waals surface area contributed by atoms with E-state index in [4.69, 9.17) is 5.73 Å². The van der Waals surface area contributed by atoms with Crippen molar-refractivity contribution < 1.29 is 9.59 Å². The van der Waals surface area contributed by atoms with E-state index in [1.165, 1.54) is 0 Å². The summed E-state index contributed by atoms with van der Waals surface area (Å²) in [7, 11) is 0. The molecule has 0 spiro atoms. The fraction of sp³-hybridized carbons (Fsp3) is 0.167. The lowest BCUT2D eigenvalue weighted by Crippen LogP contribution is -2.46. The number of nitrogens with two attached hydrogens (primary N) is 1. The van der Waals surface area contributed by atoms with Gasteiger partial charge in [0.25, 0.3) is 0 Å². The van der Waals surface area contributed by atoms with Crippen LogP contribution in [-0.4, -0.2) is 11.9 Å². The third-order valence-corrected chi connectivity index (χ3v) is 2.67. The Morgan fingerprint density at radius 2 is 1.94 bits per heavy atom. The number of nitrogens with one attached hydrogen (secondary N) is 2. The molecule has 0 saturated carbocycles. The van der Waals surface area contributed by atoms with Crippen LogP contribution in [0.4, 0.5) is 4.79 Å². The molecule has 0 radical (unpaired) electrons. The van der Waals surface area contributed by atoms with Crippen LogP contribution in [0.25, 0.3) is 0 Å². The Morgan fingerprint density at radius 3 is 2.53 bits per heavy atom. The second kappa shape index (κ2) is 4.29. The molecule has 1 unspecified atom stereocenters. The number of urea groups is 1. The van der Waals surface area contributed by atoms with Gasteiger partial charge >= 0.3 is 6.03 Å². The van der Waals surface area contributed by atoms with Gasteiger partial charge in [0, 0.05) is 5.70 Å². The first-order valence-electron chi connectivity index (χ1n) is 5.22. The molecule has 2 rings (SSSR count). The van der Waals surface area contributed by atoms with E-state index in [0.717, 1.165) is 5.56 Å². The van der Waals surface area contributed by atoms with Crippen LogP contribution in [0, 0.1) is 0 Å². The van der Waals surface area contributed by atoms with E-state index in [2.05, 4.69) is 10.6 Å². The van der Waals surface area contributed by atoms with Crippen LogP contribution in [0.2, 0.25) is 0 Å². The first-order chi connectivity index (χ1) is 8.09. The van der Waals surface area contributed by atoms with Crippen LogP contribution in [0.5, 0.6) is 0 Å². The van der Waals surface area contributed by atoms with Crippen LogP contribution < -0.4 is 16.4 Å². The number of benzene rings is 1. The summed E-state index contributed by atoms with van der Waals surface area (Å²) in [4.78, 5) is 22.8. The van der Waals surface area contributed by atoms with Gasteiger partial charge in [0.1, 0.15) is 0 Å². The van der Waals surface area contributed by atoms with Crippen molar-refractivity contribution in [3.8, 4) is 0 Å². The summed E-state index contributed by atoms with van der Waals surface area (Å²) in [6, 6.07) is 8.42. The number of primary amides is 1. The highest BCUT2D eigenvalue weighted by molar-refractivity contribution is 5.97. The van der Waals surface area contributed by atoms with Gasteiger partial charge in [0.2, 0.25) is 5.91 Å². The van der Waals surface area contributed by atoms with E-state index in [1.54, 1.807) is 6.92 Å². The molecular formula is C12H13N3O2. The summed E-state index contributed by atoms with van der Waals surface area (Å²) in [6.07, 6.45) is 0. The van der Waals surface area contributed by atoms with Gasteiger partial charge in [-0.15, -0.1) is 0 Å². The molecule has 0 fully saturated rings. The summed E-state index contributed by atoms with van der Waals surface area (Å²) >= 11 is 0. The van der Waals surface area contributed by atoms with Crippen molar-refractivity contribution in [3.63, 3.8) is 0 Å². The van der Waals surface area contributed by atoms with Gasteiger partial charge in [-0.05, 0) is 12.5 Å². The predicted molar refractivity (Wildman–Crippen MR) is 62.7 cm³/mol. The molecule has 1 heterocycles. The molecule has 17 heavy (non-hydrogen) atoms. The summed E-state index contributed by atoms with van der Waals surface area (Å²) in [5, 5.41) is 5.22. The zero-order valence-electron chi connectivity index (χ0n) is 9.36. The lowest BCUT2D eigenvalue weighted by atomic mass is 9.95. The minimum absolute atomic E-state index is 0.332. The van der Waals surface area contributed by atoms with Gasteiger partial charge < -0.3 is 16.4 Å². The maximum Gasteiger partial charge on any atom is 0.319 e. The third kappa shape index (κ3) is 2.13. The van der Waals surface area contributed by atoms with Crippen molar-refractivity contribution in [2.45, 2.75) is 13.0 Å². The first-order valence-corrected chi connectivity index (χ1v) is 5.22. The van der Waals surface area contributed by atoms with Crippen LogP contribution in [-0.2, 0) is 4.79 Å². The molecule has 4 N–H and O–H groups in total. The smallest absolute Gasteiger partial charge is 0.319 e. The highest BCUT2D eigenvalue weighted by Crippen LogP contribution is 2.25. The molecule has 0 aromatic heterocycles. The maximum absolute atomic E-state index is 11.4. The SMILES string of the molecule is CC1=C(C(N)=O)C(c2ccccc2)NC(=O)N1. The fourth-order valence-electron chi connectivity index (χ4n) is 1.92. The molecule has 0 saturated heterocycles. The number of hydrogen-bond donors (Lipinski definition) is 3. The van der Waals surface area contributed by atoms with E-state index in [-0.39, 0.29) is 6.03 Å². The number of allylic oxidation sites excluding steroid dienone is 1. The summed E-state index contributed by atoms with van der Waals surface area (Å²) in [5.74, 6) is -0.538. The summed E-state index contributed by atoms with van der Waals surface area (Å²) in [6.45, 7) is 1.66. The molecule has 1 atom stereocenters. The van der Waals surface area contributed by atoms with Gasteiger partial charge in [-0.3, -0.25) is 4.79 Å². The zero-order chi connectivity index (χ0) is 12.4. The van der Waals surface area contributed by atoms with Crippen molar-refractivity contribution in [3.05, 3.63) is 47.2 Å². The molecule has 1 aromatic rings. The van der Waals surface area contributed by atoms with Gasteiger partial charge in [-0.25, -0.2) is 4.79 Å². The van der Waals surface area contributed by atoms with Crippen molar-refractivity contribution in [1.29, 1.82) is 0 Å². The Bertz CT molecular complexity index is 494. The molecule has 0 bridgehead atoms. The van der Waals surface area contributed by atoms with E-state index in [1.807, 2.05) is 30.3 Å². The maximum atomic E-state index is 11.4. The van der Waals surface area contributed by atoms with Gasteiger partial charge in [0.15, 0.2) is 0 Å². The van der Waals surface area contributed by atoms with Crippen LogP contribution in [0.15, 0.2) is 41.6 Å². The largest absolute Gasteiger partial charge is 0.366 e. The van der Waals surface area contributed by atoms with E-state index >= 15 is 0 Å². The van der Waals surface area contributed by atoms with Crippen molar-refractivity contribution in [1.82, 2.24) is 10.6 Å². The second-order valence-corrected chi connectivity index (χ2v) is 3.85. The zero-order valence-corrected chi connectivity index (χ0v) is 9.36. The second-order valence-electron chi connectivity index (χ2n) is 3.85. The quantitative estimate of drug-likeness (QED) is 0.703. The molecule has 1 aromatic carbocycles. The molecule has 88 valence electrons. The van der Waals surface area contributed by atoms with Gasteiger partial charge in [-0.2, -0.15) is 0 Å². The average molecular weight is 231 g/mol. The highest BCUT2D eigenvalue weighted by atomic mass is 16.2. The summed E-state index contributed by atoms with van der Waals surface area (Å²) < 4.78 is 0. The molecule has 5 heteroatoms. The normalized spacial score (nSPS) is 19.6. The van der Waals surface area contributed by atoms with Crippen molar-refractivity contribution in [2.75, 3.05) is 0 Å². The van der Waals surface area contributed by atoms with Crippen molar-refractivity contribution in [2.24, 2.45) is 5.73 Å². The van der Waals surface area contributed by atoms with Crippen LogP contribution in [0.3, 0.4) is 0 Å². The Kier molecular flexibility index (Phi) is 2.82. The topological polar surface area (TPSA) is 84.2 Å². The predicted octanol–water partition coefficient (Wildman–Crippen LogP) is 0.800. The molecule has 0 aliphatic carbocycles. The first kappa shape index (κ1) is 11.2. The monoisotopic (exact) mass is 231 g/mol. The number of rotatable bonds is 2. The lowest BCUT2D eigenvalue weighted by Gasteiger charge is -2.27. The molecule has 1 aliphatic heterocycles. The fourth-order valence-corrected chi connectivity index (χ4v) is 1.92. The van der Waals surface area contributed by atoms with Gasteiger partial charge in [0.05, 0.1) is 11.6 Å². The molecule has 1 aliphatic rings. The average Bonchev–Trinajstić information content (AvgIpc) is 2.28. The standard InChI is InChI=1S/C12H13N3O2/c1-7-9(11(13)16)10(15-12(17)14-7)8-5-3-2-4-6-8/h2-6,10H,1H3,(H2,13,16)(H2,14,15,17). The Labute approximate surface area is 98.7 Å². The summed E-state index contributed by atoms with van der Waals surface area (Å²) in [5.41, 5.74) is 7.05. The van der Waals surface area contributed by atoms with Gasteiger partial charge in [-0.1, -0.05) is 30.3 Å². The molecule has 3 amide bonds. The Balaban J connectivity index is 2.47. The van der Waals surface area contributed by atoms with Crippen LogP contribution in [0.1, 0.15) is 18.5 Å². The highest BCUT2D eigenvalue weighted by Gasteiger charge is 2.29. The lowest BCUT2D eigenvalue weighted by molar-refractivity contribution is -0.115. The minimum Gasteiger partial charge on any atom is -0.366 e. The minimum atomic E-state index is -0.538. The van der Waals surface area contributed by atoms with Crippen molar-refractivity contribution >= 4 is 11.9 Å². The van der Waals surface area contributed by atoms with E-state index < -0.39 is 11.9 Å². The van der Waals surface area contributed by atoms with E-state index in [9.17, 15) is 9.59 Å². The number of amides is 3. The number of carbonyl (C=O) groups is 2. The molecular weight excluding hydrogens is 218 g/mol. The number of hydrogen-bond acceptors (Lipinski definition) is 2. The Hall–Kier alpha value is -2.30. The number of carbonyl (C=O) groups excluding carboxylic acids is 2. The van der Waals surface area contributed by atoms with E-state index in [0.29, 0.717) is 11.3 Å².